The van der Waals surface area contributed by atoms with Gasteiger partial charge >= 0.3 is 5.97 Å². The van der Waals surface area contributed by atoms with Crippen molar-refractivity contribution in [3.8, 4) is 0 Å². The number of carboxylic acid groups (broad SMARTS) is 1. The second-order valence-corrected chi connectivity index (χ2v) is 5.91. The van der Waals surface area contributed by atoms with Crippen molar-refractivity contribution in [2.24, 2.45) is 0 Å². The number of hydrogen-bond donors (Lipinski definition) is 3. The van der Waals surface area contributed by atoms with Crippen molar-refractivity contribution in [3.05, 3.63) is 53.4 Å². The van der Waals surface area contributed by atoms with Crippen LogP contribution in [0, 0.1) is 0 Å². The van der Waals surface area contributed by atoms with Crippen LogP contribution < -0.4 is 5.32 Å². The fourth-order valence-corrected chi connectivity index (χ4v) is 2.80. The first-order chi connectivity index (χ1) is 12.5. The second-order valence-electron chi connectivity index (χ2n) is 5.91. The average Bonchev–Trinajstić information content (AvgIpc) is 2.62. The normalized spacial score (nSPS) is 14.6. The highest BCUT2D eigenvalue weighted by Gasteiger charge is 2.32. The molecular formula is C18H17N3O5. The lowest BCUT2D eigenvalue weighted by Crippen LogP contribution is -2.43. The quantitative estimate of drug-likeness (QED) is 0.688. The van der Waals surface area contributed by atoms with Crippen LogP contribution in [-0.2, 0) is 20.9 Å². The molecule has 3 N–H and O–H groups in total. The van der Waals surface area contributed by atoms with Gasteiger partial charge in [-0.1, -0.05) is 18.2 Å². The molecule has 2 amide bonds. The minimum atomic E-state index is -1.23. The van der Waals surface area contributed by atoms with E-state index in [4.69, 9.17) is 5.11 Å². The topological polar surface area (TPSA) is 120 Å². The number of aliphatic hydroxyl groups excluding tert-OH is 1. The van der Waals surface area contributed by atoms with Gasteiger partial charge in [0.15, 0.2) is 0 Å². The second kappa shape index (κ2) is 7.22. The van der Waals surface area contributed by atoms with Crippen LogP contribution in [0.1, 0.15) is 12.0 Å². The van der Waals surface area contributed by atoms with Crippen molar-refractivity contribution in [3.63, 3.8) is 0 Å². The summed E-state index contributed by atoms with van der Waals surface area (Å²) in [6.07, 6.45) is 1.82. The third kappa shape index (κ3) is 3.64. The molecule has 1 aliphatic rings. The summed E-state index contributed by atoms with van der Waals surface area (Å²) in [7, 11) is 0. The largest absolute Gasteiger partial charge is 0.511 e. The number of pyridine rings is 1. The molecule has 0 aliphatic carbocycles. The minimum Gasteiger partial charge on any atom is -0.511 e. The van der Waals surface area contributed by atoms with Gasteiger partial charge in [0, 0.05) is 31.1 Å². The smallest absolute Gasteiger partial charge is 0.322 e. The first kappa shape index (κ1) is 17.4. The number of carbonyl (C=O) groups excluding carboxylic acids is 2. The van der Waals surface area contributed by atoms with E-state index in [2.05, 4.69) is 10.3 Å². The number of fused-ring (bicyclic) bond motifs is 1. The molecule has 2 heterocycles. The molecule has 1 aromatic heterocycles. The molecule has 1 aromatic carbocycles. The summed E-state index contributed by atoms with van der Waals surface area (Å²) in [4.78, 5) is 40.9. The fourth-order valence-electron chi connectivity index (χ4n) is 2.80. The number of carboxylic acids is 1. The maximum Gasteiger partial charge on any atom is 0.322 e. The molecule has 2 aromatic rings. The molecule has 26 heavy (non-hydrogen) atoms. The maximum absolute atomic E-state index is 12.6. The van der Waals surface area contributed by atoms with Crippen molar-refractivity contribution in [1.29, 1.82) is 0 Å². The predicted octanol–water partition coefficient (Wildman–Crippen LogP) is 0.980. The maximum atomic E-state index is 12.6. The molecule has 0 fully saturated rings. The van der Waals surface area contributed by atoms with Crippen molar-refractivity contribution in [2.75, 3.05) is 13.1 Å². The van der Waals surface area contributed by atoms with Crippen molar-refractivity contribution < 1.29 is 24.6 Å². The van der Waals surface area contributed by atoms with Gasteiger partial charge in [0.05, 0.1) is 5.52 Å². The van der Waals surface area contributed by atoms with Crippen molar-refractivity contribution in [2.45, 2.75) is 13.0 Å². The zero-order chi connectivity index (χ0) is 18.7. The van der Waals surface area contributed by atoms with Crippen LogP contribution in [0.4, 0.5) is 0 Å². The SMILES string of the molecule is O=C(O)CNC(=O)C1=C(O)CCN(Cc2ccc3cccnc3c2)C1=O. The molecule has 8 heteroatoms. The monoisotopic (exact) mass is 355 g/mol. The summed E-state index contributed by atoms with van der Waals surface area (Å²) >= 11 is 0. The number of aliphatic hydroxyl groups is 1. The van der Waals surface area contributed by atoms with Crippen molar-refractivity contribution in [1.82, 2.24) is 15.2 Å². The predicted molar refractivity (Wildman–Crippen MR) is 92.1 cm³/mol. The van der Waals surface area contributed by atoms with E-state index >= 15 is 0 Å². The van der Waals surface area contributed by atoms with Crippen LogP contribution in [-0.4, -0.2) is 51.0 Å². The molecule has 8 nitrogen and oxygen atoms in total. The van der Waals surface area contributed by atoms with Gasteiger partial charge in [-0.15, -0.1) is 0 Å². The number of benzene rings is 1. The summed E-state index contributed by atoms with van der Waals surface area (Å²) in [5.74, 6) is -3.07. The van der Waals surface area contributed by atoms with Crippen LogP contribution in [0.5, 0.6) is 0 Å². The zero-order valence-corrected chi connectivity index (χ0v) is 13.8. The lowest BCUT2D eigenvalue weighted by Gasteiger charge is -2.28. The van der Waals surface area contributed by atoms with E-state index in [1.165, 1.54) is 4.90 Å². The van der Waals surface area contributed by atoms with Gasteiger partial charge in [0.25, 0.3) is 11.8 Å². The fraction of sp³-hybridized carbons (Fsp3) is 0.222. The lowest BCUT2D eigenvalue weighted by molar-refractivity contribution is -0.138. The number of hydrogen-bond acceptors (Lipinski definition) is 5. The Morgan fingerprint density at radius 1 is 1.27 bits per heavy atom. The van der Waals surface area contributed by atoms with Crippen LogP contribution in [0.25, 0.3) is 10.9 Å². The zero-order valence-electron chi connectivity index (χ0n) is 13.8. The molecule has 134 valence electrons. The molecule has 0 spiro atoms. The Hall–Kier alpha value is -3.42. The highest BCUT2D eigenvalue weighted by Crippen LogP contribution is 2.21. The summed E-state index contributed by atoms with van der Waals surface area (Å²) in [5.41, 5.74) is 1.24. The Labute approximate surface area is 148 Å². The van der Waals surface area contributed by atoms with E-state index in [-0.39, 0.29) is 25.3 Å². The minimum absolute atomic E-state index is 0.132. The van der Waals surface area contributed by atoms with Crippen LogP contribution in [0.2, 0.25) is 0 Å². The average molecular weight is 355 g/mol. The van der Waals surface area contributed by atoms with Gasteiger partial charge in [0.1, 0.15) is 17.9 Å². The van der Waals surface area contributed by atoms with E-state index in [0.29, 0.717) is 0 Å². The molecule has 3 rings (SSSR count). The van der Waals surface area contributed by atoms with Gasteiger partial charge in [-0.25, -0.2) is 0 Å². The van der Waals surface area contributed by atoms with E-state index < -0.39 is 29.9 Å². The van der Waals surface area contributed by atoms with Gasteiger partial charge in [-0.3, -0.25) is 19.4 Å². The summed E-state index contributed by atoms with van der Waals surface area (Å²) in [6, 6.07) is 9.42. The van der Waals surface area contributed by atoms with E-state index in [1.807, 2.05) is 30.3 Å². The molecule has 1 aliphatic heterocycles. The van der Waals surface area contributed by atoms with E-state index in [9.17, 15) is 19.5 Å². The van der Waals surface area contributed by atoms with Crippen LogP contribution in [0.3, 0.4) is 0 Å². The molecule has 0 atom stereocenters. The summed E-state index contributed by atoms with van der Waals surface area (Å²) < 4.78 is 0. The molecular weight excluding hydrogens is 338 g/mol. The Kier molecular flexibility index (Phi) is 4.83. The van der Waals surface area contributed by atoms with Gasteiger partial charge < -0.3 is 20.4 Å². The molecule has 0 unspecified atom stereocenters. The Morgan fingerprint density at radius 3 is 2.85 bits per heavy atom. The lowest BCUT2D eigenvalue weighted by atomic mass is 10.0. The number of nitrogens with one attached hydrogen (secondary N) is 1. The third-order valence-electron chi connectivity index (χ3n) is 4.08. The Bertz CT molecular complexity index is 922. The third-order valence-corrected chi connectivity index (χ3v) is 4.08. The number of aliphatic carboxylic acids is 1. The van der Waals surface area contributed by atoms with Crippen LogP contribution >= 0.6 is 0 Å². The van der Waals surface area contributed by atoms with Gasteiger partial charge in [-0.05, 0) is 17.7 Å². The Morgan fingerprint density at radius 2 is 2.08 bits per heavy atom. The number of rotatable bonds is 5. The Balaban J connectivity index is 1.77. The number of amides is 2. The summed E-state index contributed by atoms with van der Waals surface area (Å²) in [6.45, 7) is -0.103. The molecule has 0 saturated heterocycles. The number of nitrogens with zero attached hydrogens (tertiary/aromatic N) is 2. The number of carbonyl (C=O) groups is 3. The number of aromatic nitrogens is 1. The van der Waals surface area contributed by atoms with E-state index in [1.54, 1.807) is 6.20 Å². The van der Waals surface area contributed by atoms with E-state index in [0.717, 1.165) is 16.5 Å². The molecule has 0 bridgehead atoms. The van der Waals surface area contributed by atoms with Gasteiger partial charge in [-0.2, -0.15) is 0 Å². The highest BCUT2D eigenvalue weighted by atomic mass is 16.4. The first-order valence-corrected chi connectivity index (χ1v) is 8.01. The first-order valence-electron chi connectivity index (χ1n) is 8.01. The van der Waals surface area contributed by atoms with Gasteiger partial charge in [0.2, 0.25) is 0 Å². The van der Waals surface area contributed by atoms with Crippen molar-refractivity contribution >= 4 is 28.7 Å². The molecule has 0 saturated carbocycles. The highest BCUT2D eigenvalue weighted by molar-refractivity contribution is 6.19. The molecule has 0 radical (unpaired) electrons. The summed E-state index contributed by atoms with van der Waals surface area (Å²) in [5, 5.41) is 21.6. The van der Waals surface area contributed by atoms with Crippen LogP contribution in [0.15, 0.2) is 47.9 Å². The standard InChI is InChI=1S/C18H17N3O5/c22-14-5-7-21(18(26)16(14)17(25)20-9-15(23)24)10-11-3-4-12-2-1-6-19-13(12)8-11/h1-4,6,8,22H,5,7,9-10H2,(H,20,25)(H,23,24).